The van der Waals surface area contributed by atoms with Crippen LogP contribution in [0.15, 0.2) is 34.6 Å². The van der Waals surface area contributed by atoms with Gasteiger partial charge in [0, 0.05) is 18.0 Å². The van der Waals surface area contributed by atoms with Crippen molar-refractivity contribution in [2.24, 2.45) is 12.8 Å². The van der Waals surface area contributed by atoms with Gasteiger partial charge in [-0.2, -0.15) is 0 Å². The van der Waals surface area contributed by atoms with Crippen LogP contribution in [0.25, 0.3) is 0 Å². The number of hydrogen-bond donors (Lipinski definition) is 1. The molecule has 0 fully saturated rings. The maximum atomic E-state index is 6.21. The molecule has 17 heavy (non-hydrogen) atoms. The van der Waals surface area contributed by atoms with Gasteiger partial charge in [-0.3, -0.25) is 0 Å². The Balaban J connectivity index is 2.26. The zero-order valence-corrected chi connectivity index (χ0v) is 11.2. The van der Waals surface area contributed by atoms with E-state index in [0.717, 1.165) is 15.6 Å². The van der Waals surface area contributed by atoms with Crippen molar-refractivity contribution in [2.45, 2.75) is 23.0 Å². The van der Waals surface area contributed by atoms with Crippen LogP contribution in [0.1, 0.15) is 18.5 Å². The molecule has 0 aliphatic carbocycles. The third-order valence-electron chi connectivity index (χ3n) is 2.35. The monoisotopic (exact) mass is 268 g/mol. The lowest BCUT2D eigenvalue weighted by Gasteiger charge is -2.08. The van der Waals surface area contributed by atoms with Gasteiger partial charge in [0.2, 0.25) is 0 Å². The minimum Gasteiger partial charge on any atom is -0.324 e. The lowest BCUT2D eigenvalue weighted by molar-refractivity contribution is 0.788. The van der Waals surface area contributed by atoms with Crippen LogP contribution in [-0.4, -0.2) is 14.8 Å². The molecule has 0 saturated heterocycles. The summed E-state index contributed by atoms with van der Waals surface area (Å²) < 4.78 is 1.85. The molecule has 0 aliphatic rings. The Bertz CT molecular complexity index is 524. The fraction of sp³-hybridized carbons (Fsp3) is 0.273. The molecule has 0 radical (unpaired) electrons. The number of aromatic nitrogens is 3. The van der Waals surface area contributed by atoms with Gasteiger partial charge in [-0.1, -0.05) is 17.7 Å². The average Bonchev–Trinajstić information content (AvgIpc) is 2.67. The summed E-state index contributed by atoms with van der Waals surface area (Å²) in [6.45, 7) is 1.93. The summed E-state index contributed by atoms with van der Waals surface area (Å²) in [4.78, 5) is 0.951. The van der Waals surface area contributed by atoms with E-state index in [1.54, 1.807) is 6.33 Å². The highest BCUT2D eigenvalue weighted by molar-refractivity contribution is 7.99. The number of halogens is 1. The Morgan fingerprint density at radius 2 is 2.24 bits per heavy atom. The van der Waals surface area contributed by atoms with E-state index < -0.39 is 0 Å². The van der Waals surface area contributed by atoms with Gasteiger partial charge in [0.25, 0.3) is 0 Å². The first-order valence-electron chi connectivity index (χ1n) is 5.15. The Morgan fingerprint density at radius 3 is 2.76 bits per heavy atom. The predicted molar refractivity (Wildman–Crippen MR) is 69.2 cm³/mol. The maximum Gasteiger partial charge on any atom is 0.195 e. The summed E-state index contributed by atoms with van der Waals surface area (Å²) in [5, 5.41) is 9.32. The second-order valence-corrected chi connectivity index (χ2v) is 5.22. The van der Waals surface area contributed by atoms with Crippen molar-refractivity contribution in [1.29, 1.82) is 0 Å². The summed E-state index contributed by atoms with van der Waals surface area (Å²) in [6, 6.07) is 5.82. The summed E-state index contributed by atoms with van der Waals surface area (Å²) >= 11 is 7.69. The third-order valence-corrected chi connectivity index (χ3v) is 3.91. The first kappa shape index (κ1) is 12.4. The normalized spacial score (nSPS) is 12.7. The molecular weight excluding hydrogens is 256 g/mol. The molecular formula is C11H13ClN4S. The molecule has 6 heteroatoms. The van der Waals surface area contributed by atoms with Gasteiger partial charge in [-0.05, 0) is 36.4 Å². The fourth-order valence-electron chi connectivity index (χ4n) is 1.35. The topological polar surface area (TPSA) is 56.7 Å². The lowest BCUT2D eigenvalue weighted by Crippen LogP contribution is -2.04. The molecule has 1 aromatic carbocycles. The van der Waals surface area contributed by atoms with Crippen molar-refractivity contribution >= 4 is 23.4 Å². The Morgan fingerprint density at radius 1 is 1.47 bits per heavy atom. The molecule has 0 saturated carbocycles. The summed E-state index contributed by atoms with van der Waals surface area (Å²) in [7, 11) is 1.90. The standard InChI is InChI=1S/C11H13ClN4S/c1-7(13)8-3-4-10(9(12)5-8)17-11-15-14-6-16(11)2/h3-7H,13H2,1-2H3. The summed E-state index contributed by atoms with van der Waals surface area (Å²) in [5.41, 5.74) is 6.83. The smallest absolute Gasteiger partial charge is 0.195 e. The van der Waals surface area contributed by atoms with Gasteiger partial charge in [-0.15, -0.1) is 10.2 Å². The minimum absolute atomic E-state index is 0.0126. The molecule has 0 amide bonds. The van der Waals surface area contributed by atoms with Crippen LogP contribution in [0.5, 0.6) is 0 Å². The van der Waals surface area contributed by atoms with E-state index in [4.69, 9.17) is 17.3 Å². The second-order valence-electron chi connectivity index (χ2n) is 3.81. The van der Waals surface area contributed by atoms with Gasteiger partial charge < -0.3 is 10.3 Å². The van der Waals surface area contributed by atoms with E-state index in [9.17, 15) is 0 Å². The van der Waals surface area contributed by atoms with Crippen LogP contribution in [0, 0.1) is 0 Å². The number of benzene rings is 1. The van der Waals surface area contributed by atoms with E-state index in [-0.39, 0.29) is 6.04 Å². The van der Waals surface area contributed by atoms with Gasteiger partial charge in [-0.25, -0.2) is 0 Å². The van der Waals surface area contributed by atoms with Gasteiger partial charge >= 0.3 is 0 Å². The first-order chi connectivity index (χ1) is 8.08. The average molecular weight is 269 g/mol. The van der Waals surface area contributed by atoms with E-state index >= 15 is 0 Å². The third kappa shape index (κ3) is 2.80. The molecule has 2 aromatic rings. The van der Waals surface area contributed by atoms with Crippen molar-refractivity contribution < 1.29 is 0 Å². The van der Waals surface area contributed by atoms with Crippen molar-refractivity contribution in [3.63, 3.8) is 0 Å². The molecule has 1 atom stereocenters. The molecule has 2 N–H and O–H groups in total. The highest BCUT2D eigenvalue weighted by atomic mass is 35.5. The van der Waals surface area contributed by atoms with Crippen LogP contribution >= 0.6 is 23.4 Å². The minimum atomic E-state index is -0.0126. The van der Waals surface area contributed by atoms with E-state index in [1.807, 2.05) is 36.7 Å². The van der Waals surface area contributed by atoms with E-state index in [0.29, 0.717) is 5.02 Å². The predicted octanol–water partition coefficient (Wildman–Crippen LogP) is 2.64. The molecule has 90 valence electrons. The van der Waals surface area contributed by atoms with Crippen molar-refractivity contribution in [1.82, 2.24) is 14.8 Å². The van der Waals surface area contributed by atoms with Crippen LogP contribution < -0.4 is 5.73 Å². The molecule has 0 aliphatic heterocycles. The van der Waals surface area contributed by atoms with Crippen molar-refractivity contribution in [3.05, 3.63) is 35.1 Å². The maximum absolute atomic E-state index is 6.21. The number of aryl methyl sites for hydroxylation is 1. The first-order valence-corrected chi connectivity index (χ1v) is 6.34. The second kappa shape index (κ2) is 5.08. The number of rotatable bonds is 3. The summed E-state index contributed by atoms with van der Waals surface area (Å²) in [5.74, 6) is 0. The fourth-order valence-corrected chi connectivity index (χ4v) is 2.42. The van der Waals surface area contributed by atoms with Gasteiger partial charge in [0.05, 0.1) is 5.02 Å². The SMILES string of the molecule is CC(N)c1ccc(Sc2nncn2C)c(Cl)c1. The van der Waals surface area contributed by atoms with E-state index in [2.05, 4.69) is 10.2 Å². The van der Waals surface area contributed by atoms with Crippen LogP contribution in [0.4, 0.5) is 0 Å². The molecule has 1 aromatic heterocycles. The van der Waals surface area contributed by atoms with Crippen molar-refractivity contribution in [3.8, 4) is 0 Å². The van der Waals surface area contributed by atoms with Gasteiger partial charge in [0.15, 0.2) is 5.16 Å². The van der Waals surface area contributed by atoms with Crippen LogP contribution in [0.3, 0.4) is 0 Å². The quantitative estimate of drug-likeness (QED) is 0.930. The van der Waals surface area contributed by atoms with Crippen LogP contribution in [-0.2, 0) is 7.05 Å². The van der Waals surface area contributed by atoms with Gasteiger partial charge in [0.1, 0.15) is 6.33 Å². The Labute approximate surface area is 109 Å². The highest BCUT2D eigenvalue weighted by Crippen LogP contribution is 2.33. The van der Waals surface area contributed by atoms with Crippen molar-refractivity contribution in [2.75, 3.05) is 0 Å². The molecule has 0 bridgehead atoms. The summed E-state index contributed by atoms with van der Waals surface area (Å²) in [6.07, 6.45) is 1.66. The largest absolute Gasteiger partial charge is 0.324 e. The lowest BCUT2D eigenvalue weighted by atomic mass is 10.1. The zero-order chi connectivity index (χ0) is 12.4. The van der Waals surface area contributed by atoms with Crippen LogP contribution in [0.2, 0.25) is 5.02 Å². The molecule has 1 heterocycles. The number of nitrogens with two attached hydrogens (primary N) is 1. The number of hydrogen-bond acceptors (Lipinski definition) is 4. The molecule has 4 nitrogen and oxygen atoms in total. The highest BCUT2D eigenvalue weighted by Gasteiger charge is 2.09. The Hall–Kier alpha value is -1.04. The van der Waals surface area contributed by atoms with E-state index in [1.165, 1.54) is 11.8 Å². The number of nitrogens with zero attached hydrogens (tertiary/aromatic N) is 3. The Kier molecular flexibility index (Phi) is 3.71. The molecule has 0 spiro atoms. The zero-order valence-electron chi connectivity index (χ0n) is 9.59. The molecule has 1 unspecified atom stereocenters. The molecule has 2 rings (SSSR count).